The molecule has 0 bridgehead atoms. The molecule has 0 radical (unpaired) electrons. The summed E-state index contributed by atoms with van der Waals surface area (Å²) in [6, 6.07) is 30.8. The van der Waals surface area contributed by atoms with Crippen LogP contribution in [0.15, 0.2) is 95.9 Å². The Morgan fingerprint density at radius 2 is 1.43 bits per heavy atom. The van der Waals surface area contributed by atoms with Gasteiger partial charge in [0.05, 0.1) is 4.90 Å². The van der Waals surface area contributed by atoms with E-state index in [4.69, 9.17) is 11.6 Å². The molecule has 4 aromatic rings. The van der Waals surface area contributed by atoms with Crippen LogP contribution in [0.3, 0.4) is 0 Å². The summed E-state index contributed by atoms with van der Waals surface area (Å²) in [4.78, 5) is 0.341. The first-order valence-electron chi connectivity index (χ1n) is 14.5. The number of sulfonamides is 1. The van der Waals surface area contributed by atoms with Crippen LogP contribution in [0.1, 0.15) is 54.7 Å². The van der Waals surface area contributed by atoms with Crippen molar-refractivity contribution in [1.82, 2.24) is 10.0 Å². The van der Waals surface area contributed by atoms with E-state index in [0.717, 1.165) is 60.9 Å². The first-order valence-corrected chi connectivity index (χ1v) is 16.4. The van der Waals surface area contributed by atoms with Gasteiger partial charge in [-0.05, 0) is 109 Å². The molecule has 40 heavy (non-hydrogen) atoms. The summed E-state index contributed by atoms with van der Waals surface area (Å²) >= 11 is 6.33. The van der Waals surface area contributed by atoms with Crippen molar-refractivity contribution in [2.24, 2.45) is 11.8 Å². The molecule has 1 saturated carbocycles. The number of hydrogen-bond acceptors (Lipinski definition) is 3. The number of hydrogen-bond donors (Lipinski definition) is 2. The van der Waals surface area contributed by atoms with Gasteiger partial charge in [0.2, 0.25) is 10.0 Å². The smallest absolute Gasteiger partial charge is 0.240 e. The molecule has 0 aromatic heterocycles. The van der Waals surface area contributed by atoms with Crippen molar-refractivity contribution in [1.29, 1.82) is 0 Å². The second-order valence-electron chi connectivity index (χ2n) is 11.5. The Bertz CT molecular complexity index is 1570. The van der Waals surface area contributed by atoms with E-state index in [1.807, 2.05) is 36.4 Å². The van der Waals surface area contributed by atoms with Crippen LogP contribution < -0.4 is 10.0 Å². The zero-order chi connectivity index (χ0) is 27.5. The van der Waals surface area contributed by atoms with Crippen LogP contribution in [0.4, 0.5) is 0 Å². The van der Waals surface area contributed by atoms with Gasteiger partial charge in [-0.2, -0.15) is 0 Å². The molecule has 2 aliphatic rings. The van der Waals surface area contributed by atoms with E-state index < -0.39 is 10.0 Å². The molecular formula is C34H37ClN2O2S. The Morgan fingerprint density at radius 1 is 0.725 bits per heavy atom. The molecule has 0 saturated heterocycles. The fourth-order valence-electron chi connectivity index (χ4n) is 6.68. The predicted octanol–water partition coefficient (Wildman–Crippen LogP) is 7.31. The number of aryl methyl sites for hydroxylation is 1. The van der Waals surface area contributed by atoms with Gasteiger partial charge in [-0.1, -0.05) is 78.3 Å². The third kappa shape index (κ3) is 6.13. The average molecular weight is 573 g/mol. The van der Waals surface area contributed by atoms with Gasteiger partial charge in [0.25, 0.3) is 0 Å². The molecule has 2 aliphatic carbocycles. The molecule has 1 fully saturated rings. The normalized spacial score (nSPS) is 23.1. The van der Waals surface area contributed by atoms with Crippen molar-refractivity contribution in [3.63, 3.8) is 0 Å². The van der Waals surface area contributed by atoms with Crippen LogP contribution in [0.5, 0.6) is 0 Å². The number of benzene rings is 4. The summed E-state index contributed by atoms with van der Waals surface area (Å²) in [6.45, 7) is 1.51. The van der Waals surface area contributed by atoms with Crippen LogP contribution in [0.2, 0.25) is 5.02 Å². The molecule has 0 amide bonds. The summed E-state index contributed by atoms with van der Waals surface area (Å²) < 4.78 is 28.9. The van der Waals surface area contributed by atoms with E-state index >= 15 is 0 Å². The van der Waals surface area contributed by atoms with Crippen molar-refractivity contribution in [3.8, 4) is 0 Å². The molecule has 4 aromatic carbocycles. The van der Waals surface area contributed by atoms with Crippen LogP contribution in [0.25, 0.3) is 10.8 Å². The zero-order valence-corrected chi connectivity index (χ0v) is 24.3. The van der Waals surface area contributed by atoms with E-state index in [2.05, 4.69) is 52.5 Å². The van der Waals surface area contributed by atoms with E-state index in [1.165, 1.54) is 16.7 Å². The summed E-state index contributed by atoms with van der Waals surface area (Å²) in [5, 5.41) is 6.76. The lowest BCUT2D eigenvalue weighted by Gasteiger charge is -2.37. The second kappa shape index (κ2) is 12.0. The highest BCUT2D eigenvalue weighted by atomic mass is 35.5. The molecule has 6 rings (SSSR count). The Balaban J connectivity index is 1.03. The Morgan fingerprint density at radius 3 is 2.20 bits per heavy atom. The van der Waals surface area contributed by atoms with Crippen LogP contribution >= 0.6 is 11.6 Å². The SMILES string of the molecule is O=S(=O)(NCC1CCC(CNC2CCc3cc(Cl)ccc3C2c2ccccc2)CC1)c1ccc2ccccc2c1. The predicted molar refractivity (Wildman–Crippen MR) is 164 cm³/mol. The minimum atomic E-state index is -3.52. The molecule has 2 atom stereocenters. The van der Waals surface area contributed by atoms with Crippen molar-refractivity contribution < 1.29 is 8.42 Å². The van der Waals surface area contributed by atoms with Gasteiger partial charge >= 0.3 is 0 Å². The van der Waals surface area contributed by atoms with Crippen molar-refractivity contribution in [3.05, 3.63) is 113 Å². The fraction of sp³-hybridized carbons (Fsp3) is 0.353. The zero-order valence-electron chi connectivity index (χ0n) is 22.7. The highest BCUT2D eigenvalue weighted by Gasteiger charge is 2.32. The maximum atomic E-state index is 13.0. The van der Waals surface area contributed by atoms with Crippen molar-refractivity contribution >= 4 is 32.4 Å². The summed E-state index contributed by atoms with van der Waals surface area (Å²) in [6.07, 6.45) is 6.51. The maximum absolute atomic E-state index is 13.0. The summed E-state index contributed by atoms with van der Waals surface area (Å²) in [5.41, 5.74) is 4.11. The average Bonchev–Trinajstić information content (AvgIpc) is 2.99. The number of fused-ring (bicyclic) bond motifs is 2. The number of nitrogens with one attached hydrogen (secondary N) is 2. The van der Waals surface area contributed by atoms with Crippen molar-refractivity contribution in [2.75, 3.05) is 13.1 Å². The molecule has 0 spiro atoms. The van der Waals surface area contributed by atoms with Gasteiger partial charge < -0.3 is 5.32 Å². The van der Waals surface area contributed by atoms with Gasteiger partial charge in [-0.3, -0.25) is 0 Å². The second-order valence-corrected chi connectivity index (χ2v) is 13.7. The minimum absolute atomic E-state index is 0.322. The topological polar surface area (TPSA) is 58.2 Å². The highest BCUT2D eigenvalue weighted by Crippen LogP contribution is 2.38. The quantitative estimate of drug-likeness (QED) is 0.233. The fourth-order valence-corrected chi connectivity index (χ4v) is 8.03. The standard InChI is InChI=1S/C34H37ClN2O2S/c35-30-16-18-32-29(20-30)15-19-33(34(32)27-7-2-1-3-8-27)36-22-24-10-12-25(13-11-24)23-37-40(38,39)31-17-14-26-6-4-5-9-28(26)21-31/h1-9,14,16-18,20-21,24-25,33-34,36-37H,10-13,15,19,22-23H2. The molecule has 0 heterocycles. The Hall–Kier alpha value is -2.70. The maximum Gasteiger partial charge on any atom is 0.240 e. The molecule has 0 aliphatic heterocycles. The third-order valence-electron chi connectivity index (χ3n) is 8.95. The first-order chi connectivity index (χ1) is 19.5. The Labute approximate surface area is 243 Å². The monoisotopic (exact) mass is 572 g/mol. The summed E-state index contributed by atoms with van der Waals surface area (Å²) in [7, 11) is -3.52. The van der Waals surface area contributed by atoms with Crippen LogP contribution in [0, 0.1) is 11.8 Å². The third-order valence-corrected chi connectivity index (χ3v) is 10.6. The van der Waals surface area contributed by atoms with Crippen LogP contribution in [-0.2, 0) is 16.4 Å². The van der Waals surface area contributed by atoms with Crippen LogP contribution in [-0.4, -0.2) is 27.5 Å². The van der Waals surface area contributed by atoms with E-state index in [9.17, 15) is 8.42 Å². The molecular weight excluding hydrogens is 536 g/mol. The lowest BCUT2D eigenvalue weighted by Crippen LogP contribution is -2.42. The molecule has 2 N–H and O–H groups in total. The largest absolute Gasteiger partial charge is 0.313 e. The molecule has 6 heteroatoms. The van der Waals surface area contributed by atoms with E-state index in [-0.39, 0.29) is 0 Å². The van der Waals surface area contributed by atoms with Gasteiger partial charge in [0.15, 0.2) is 0 Å². The molecule has 4 nitrogen and oxygen atoms in total. The molecule has 2 unspecified atom stereocenters. The lowest BCUT2D eigenvalue weighted by atomic mass is 9.75. The van der Waals surface area contributed by atoms with Gasteiger partial charge in [0, 0.05) is 23.5 Å². The lowest BCUT2D eigenvalue weighted by molar-refractivity contribution is 0.255. The van der Waals surface area contributed by atoms with E-state index in [0.29, 0.717) is 35.2 Å². The highest BCUT2D eigenvalue weighted by molar-refractivity contribution is 7.89. The Kier molecular flexibility index (Phi) is 8.27. The molecule has 208 valence electrons. The van der Waals surface area contributed by atoms with Gasteiger partial charge in [-0.25, -0.2) is 13.1 Å². The van der Waals surface area contributed by atoms with Gasteiger partial charge in [-0.15, -0.1) is 0 Å². The van der Waals surface area contributed by atoms with E-state index in [1.54, 1.807) is 12.1 Å². The minimum Gasteiger partial charge on any atom is -0.313 e. The number of rotatable bonds is 8. The summed E-state index contributed by atoms with van der Waals surface area (Å²) in [5.74, 6) is 1.33. The first kappa shape index (κ1) is 27.5. The van der Waals surface area contributed by atoms with Gasteiger partial charge in [0.1, 0.15) is 0 Å². The number of halogens is 1. The van der Waals surface area contributed by atoms with Crippen molar-refractivity contribution in [2.45, 2.75) is 55.4 Å².